The minimum atomic E-state index is 0.0405. The number of hydrogen-bond donors (Lipinski definition) is 2. The van der Waals surface area contributed by atoms with Gasteiger partial charge in [-0.3, -0.25) is 14.7 Å². The molecule has 0 unspecified atom stereocenters. The van der Waals surface area contributed by atoms with Gasteiger partial charge >= 0.3 is 0 Å². The monoisotopic (exact) mass is 278 g/mol. The second-order valence-corrected chi connectivity index (χ2v) is 4.85. The highest BCUT2D eigenvalue weighted by Crippen LogP contribution is 2.10. The molecule has 0 spiro atoms. The van der Waals surface area contributed by atoms with Crippen molar-refractivity contribution >= 4 is 11.6 Å². The summed E-state index contributed by atoms with van der Waals surface area (Å²) < 4.78 is 0. The van der Waals surface area contributed by atoms with Gasteiger partial charge in [0.2, 0.25) is 5.91 Å². The number of nitrogens with one attached hydrogen (secondary N) is 2. The van der Waals surface area contributed by atoms with E-state index >= 15 is 0 Å². The molecule has 1 aromatic rings. The van der Waals surface area contributed by atoms with Gasteiger partial charge in [-0.2, -0.15) is 0 Å². The minimum Gasteiger partial charge on any atom is -0.385 e. The maximum Gasteiger partial charge on any atom is 0.233 e. The molecular weight excluding hydrogens is 252 g/mol. The quantitative estimate of drug-likeness (QED) is 0.724. The highest BCUT2D eigenvalue weighted by atomic mass is 16.1. The number of nitrogens with zero attached hydrogens (tertiary/aromatic N) is 2. The van der Waals surface area contributed by atoms with Crippen LogP contribution in [0.25, 0.3) is 0 Å². The average molecular weight is 278 g/mol. The van der Waals surface area contributed by atoms with Gasteiger partial charge in [0.05, 0.1) is 12.2 Å². The zero-order chi connectivity index (χ0) is 14.8. The van der Waals surface area contributed by atoms with E-state index in [1.165, 1.54) is 0 Å². The molecule has 1 heterocycles. The number of rotatable bonds is 9. The Labute approximate surface area is 121 Å². The van der Waals surface area contributed by atoms with Crippen LogP contribution in [0.15, 0.2) is 18.3 Å². The van der Waals surface area contributed by atoms with Crippen LogP contribution in [0, 0.1) is 0 Å². The number of carbonyl (C=O) groups is 1. The standard InChI is InChI=1S/C15H26N4O/c1-4-7-17-13-6-8-18-14(10-13)11-19(9-5-2)12-15(20)16-3/h6,8,10H,4-5,7,9,11-12H2,1-3H3,(H,16,20)(H,17,18). The first-order valence-electron chi connectivity index (χ1n) is 7.31. The van der Waals surface area contributed by atoms with Crippen LogP contribution in [0.5, 0.6) is 0 Å². The van der Waals surface area contributed by atoms with Crippen LogP contribution in [0.4, 0.5) is 5.69 Å². The van der Waals surface area contributed by atoms with E-state index in [1.54, 1.807) is 7.05 Å². The van der Waals surface area contributed by atoms with Crippen LogP contribution in [0.3, 0.4) is 0 Å². The van der Waals surface area contributed by atoms with Gasteiger partial charge in [0.25, 0.3) is 0 Å². The van der Waals surface area contributed by atoms with Crippen LogP contribution in [0.1, 0.15) is 32.4 Å². The lowest BCUT2D eigenvalue weighted by atomic mass is 10.2. The Balaban J connectivity index is 2.64. The number of carbonyl (C=O) groups excluding carboxylic acids is 1. The van der Waals surface area contributed by atoms with E-state index in [-0.39, 0.29) is 5.91 Å². The van der Waals surface area contributed by atoms with Gasteiger partial charge in [-0.1, -0.05) is 13.8 Å². The van der Waals surface area contributed by atoms with Gasteiger partial charge in [0.1, 0.15) is 0 Å². The van der Waals surface area contributed by atoms with Crippen LogP contribution in [-0.4, -0.2) is 42.5 Å². The van der Waals surface area contributed by atoms with E-state index in [9.17, 15) is 4.79 Å². The molecule has 0 aliphatic carbocycles. The molecule has 0 aromatic carbocycles. The van der Waals surface area contributed by atoms with Crippen LogP contribution in [0.2, 0.25) is 0 Å². The molecule has 0 fully saturated rings. The topological polar surface area (TPSA) is 57.3 Å². The molecule has 20 heavy (non-hydrogen) atoms. The first kappa shape index (κ1) is 16.4. The van der Waals surface area contributed by atoms with Crippen molar-refractivity contribution in [3.63, 3.8) is 0 Å². The van der Waals surface area contributed by atoms with Gasteiger partial charge < -0.3 is 10.6 Å². The minimum absolute atomic E-state index is 0.0405. The first-order valence-corrected chi connectivity index (χ1v) is 7.31. The van der Waals surface area contributed by atoms with E-state index in [1.807, 2.05) is 12.3 Å². The lowest BCUT2D eigenvalue weighted by Crippen LogP contribution is -2.35. The first-order chi connectivity index (χ1) is 9.69. The highest BCUT2D eigenvalue weighted by molar-refractivity contribution is 5.77. The summed E-state index contributed by atoms with van der Waals surface area (Å²) in [7, 11) is 1.67. The fourth-order valence-corrected chi connectivity index (χ4v) is 1.99. The largest absolute Gasteiger partial charge is 0.385 e. The molecule has 112 valence electrons. The third kappa shape index (κ3) is 6.02. The predicted molar refractivity (Wildman–Crippen MR) is 82.7 cm³/mol. The summed E-state index contributed by atoms with van der Waals surface area (Å²) >= 11 is 0. The van der Waals surface area contributed by atoms with Crippen molar-refractivity contribution in [2.45, 2.75) is 33.2 Å². The molecule has 0 saturated carbocycles. The number of anilines is 1. The van der Waals surface area contributed by atoms with Gasteiger partial charge in [-0.05, 0) is 31.5 Å². The maximum absolute atomic E-state index is 11.5. The smallest absolute Gasteiger partial charge is 0.233 e. The van der Waals surface area contributed by atoms with E-state index in [0.29, 0.717) is 13.1 Å². The van der Waals surface area contributed by atoms with Crippen molar-refractivity contribution in [3.8, 4) is 0 Å². The molecule has 0 bridgehead atoms. The van der Waals surface area contributed by atoms with E-state index in [0.717, 1.165) is 37.3 Å². The van der Waals surface area contributed by atoms with Crippen molar-refractivity contribution in [2.75, 3.05) is 32.0 Å². The summed E-state index contributed by atoms with van der Waals surface area (Å²) in [5, 5.41) is 6.02. The normalized spacial score (nSPS) is 10.6. The molecular formula is C15H26N4O. The van der Waals surface area contributed by atoms with Gasteiger partial charge in [0.15, 0.2) is 0 Å². The number of likely N-dealkylation sites (N-methyl/N-ethyl adjacent to an activating group) is 1. The van der Waals surface area contributed by atoms with Crippen molar-refractivity contribution in [3.05, 3.63) is 24.0 Å². The summed E-state index contributed by atoms with van der Waals surface area (Å²) in [6.07, 6.45) is 3.93. The second-order valence-electron chi connectivity index (χ2n) is 4.85. The van der Waals surface area contributed by atoms with E-state index in [4.69, 9.17) is 0 Å². The number of amides is 1. The molecule has 5 heteroatoms. The third-order valence-corrected chi connectivity index (χ3v) is 2.97. The summed E-state index contributed by atoms with van der Waals surface area (Å²) in [6, 6.07) is 4.03. The Morgan fingerprint density at radius 2 is 2.15 bits per heavy atom. The van der Waals surface area contributed by atoms with Crippen LogP contribution < -0.4 is 10.6 Å². The Morgan fingerprint density at radius 1 is 1.35 bits per heavy atom. The summed E-state index contributed by atoms with van der Waals surface area (Å²) in [6.45, 7) is 7.22. The van der Waals surface area contributed by atoms with Crippen molar-refractivity contribution in [1.82, 2.24) is 15.2 Å². The molecule has 1 aromatic heterocycles. The van der Waals surface area contributed by atoms with Crippen molar-refractivity contribution in [1.29, 1.82) is 0 Å². The summed E-state index contributed by atoms with van der Waals surface area (Å²) in [5.74, 6) is 0.0405. The molecule has 0 aliphatic heterocycles. The zero-order valence-corrected chi connectivity index (χ0v) is 12.8. The lowest BCUT2D eigenvalue weighted by Gasteiger charge is -2.20. The lowest BCUT2D eigenvalue weighted by molar-refractivity contribution is -0.121. The number of aromatic nitrogens is 1. The Bertz CT molecular complexity index is 409. The molecule has 0 saturated heterocycles. The molecule has 1 amide bonds. The van der Waals surface area contributed by atoms with Gasteiger partial charge in [-0.25, -0.2) is 0 Å². The van der Waals surface area contributed by atoms with Crippen molar-refractivity contribution in [2.24, 2.45) is 0 Å². The van der Waals surface area contributed by atoms with Crippen LogP contribution >= 0.6 is 0 Å². The van der Waals surface area contributed by atoms with E-state index < -0.39 is 0 Å². The SMILES string of the molecule is CCCNc1ccnc(CN(CCC)CC(=O)NC)c1. The molecule has 5 nitrogen and oxygen atoms in total. The molecule has 1 rings (SSSR count). The van der Waals surface area contributed by atoms with Crippen LogP contribution in [-0.2, 0) is 11.3 Å². The number of pyridine rings is 1. The molecule has 0 atom stereocenters. The molecule has 0 radical (unpaired) electrons. The number of hydrogen-bond acceptors (Lipinski definition) is 4. The Hall–Kier alpha value is -1.62. The maximum atomic E-state index is 11.5. The fourth-order valence-electron chi connectivity index (χ4n) is 1.99. The summed E-state index contributed by atoms with van der Waals surface area (Å²) in [4.78, 5) is 18.0. The predicted octanol–water partition coefficient (Wildman–Crippen LogP) is 1.86. The zero-order valence-electron chi connectivity index (χ0n) is 12.8. The summed E-state index contributed by atoms with van der Waals surface area (Å²) in [5.41, 5.74) is 2.08. The van der Waals surface area contributed by atoms with E-state index in [2.05, 4.69) is 40.4 Å². The molecule has 2 N–H and O–H groups in total. The average Bonchev–Trinajstić information content (AvgIpc) is 2.45. The van der Waals surface area contributed by atoms with Gasteiger partial charge in [0, 0.05) is 32.0 Å². The van der Waals surface area contributed by atoms with Crippen molar-refractivity contribution < 1.29 is 4.79 Å². The Kier molecular flexibility index (Phi) is 7.65. The highest BCUT2D eigenvalue weighted by Gasteiger charge is 2.10. The third-order valence-electron chi connectivity index (χ3n) is 2.97. The molecule has 0 aliphatic rings. The second kappa shape index (κ2) is 9.31. The Morgan fingerprint density at radius 3 is 2.80 bits per heavy atom. The fraction of sp³-hybridized carbons (Fsp3) is 0.600. The van der Waals surface area contributed by atoms with Gasteiger partial charge in [-0.15, -0.1) is 0 Å².